The van der Waals surface area contributed by atoms with Gasteiger partial charge in [0.25, 0.3) is 0 Å². The largest absolute Gasteiger partial charge is 0.351 e. The molecule has 24 heavy (non-hydrogen) atoms. The van der Waals surface area contributed by atoms with E-state index in [-0.39, 0.29) is 5.91 Å². The molecule has 0 bridgehead atoms. The molecule has 4 nitrogen and oxygen atoms in total. The van der Waals surface area contributed by atoms with Crippen molar-refractivity contribution in [2.24, 2.45) is 0 Å². The molecule has 2 N–H and O–H groups in total. The molecule has 2 atom stereocenters. The van der Waals surface area contributed by atoms with Crippen LogP contribution in [-0.2, 0) is 4.79 Å². The van der Waals surface area contributed by atoms with Crippen molar-refractivity contribution in [3.8, 4) is 0 Å². The van der Waals surface area contributed by atoms with Crippen molar-refractivity contribution >= 4 is 5.91 Å². The highest BCUT2D eigenvalue weighted by Gasteiger charge is 2.36. The zero-order valence-corrected chi connectivity index (χ0v) is 16.0. The number of unbranched alkanes of at least 4 members (excludes halogenated alkanes) is 5. The molecular weight excluding hydrogens is 298 g/mol. The molecule has 0 saturated heterocycles. The number of amides is 1. The number of likely N-dealkylation sites (N-methyl/N-ethyl adjacent to an activating group) is 1. The molecule has 0 radical (unpaired) electrons. The van der Waals surface area contributed by atoms with Gasteiger partial charge in [0.2, 0.25) is 5.91 Å². The van der Waals surface area contributed by atoms with Gasteiger partial charge in [0.15, 0.2) is 6.17 Å². The third kappa shape index (κ3) is 7.52. The molecule has 2 unspecified atom stereocenters. The second-order valence-corrected chi connectivity index (χ2v) is 6.85. The molecule has 0 aromatic rings. The van der Waals surface area contributed by atoms with E-state index >= 15 is 0 Å². The standard InChI is InChI=1S/C20H37N3O/c1-4-6-7-8-9-10-11-12-13-14-20-22-16-18-23(20,5-2)17-15-21-19(3)24/h6-7,16,18,20,22H,4-5,8-15,17H2,1-3H3/p+1/b7-6+. The van der Waals surface area contributed by atoms with E-state index in [1.165, 1.54) is 44.9 Å². The van der Waals surface area contributed by atoms with Crippen molar-refractivity contribution in [1.82, 2.24) is 10.6 Å². The van der Waals surface area contributed by atoms with E-state index in [9.17, 15) is 4.79 Å². The molecule has 138 valence electrons. The van der Waals surface area contributed by atoms with E-state index < -0.39 is 0 Å². The Morgan fingerprint density at radius 1 is 1.17 bits per heavy atom. The van der Waals surface area contributed by atoms with E-state index in [0.717, 1.165) is 30.5 Å². The summed E-state index contributed by atoms with van der Waals surface area (Å²) in [6.07, 6.45) is 19.6. The number of carbonyl (C=O) groups is 1. The fourth-order valence-electron chi connectivity index (χ4n) is 3.46. The lowest BCUT2D eigenvalue weighted by Gasteiger charge is -2.37. The van der Waals surface area contributed by atoms with E-state index in [2.05, 4.69) is 49.0 Å². The molecule has 0 aromatic heterocycles. The van der Waals surface area contributed by atoms with E-state index in [1.54, 1.807) is 6.92 Å². The minimum Gasteiger partial charge on any atom is -0.351 e. The van der Waals surface area contributed by atoms with E-state index in [1.807, 2.05) is 0 Å². The van der Waals surface area contributed by atoms with Gasteiger partial charge in [-0.05, 0) is 32.6 Å². The lowest BCUT2D eigenvalue weighted by atomic mass is 10.1. The highest BCUT2D eigenvalue weighted by molar-refractivity contribution is 5.72. The van der Waals surface area contributed by atoms with Crippen molar-refractivity contribution in [2.45, 2.75) is 78.3 Å². The first-order chi connectivity index (χ1) is 11.6. The van der Waals surface area contributed by atoms with Crippen LogP contribution < -0.4 is 10.6 Å². The number of quaternary nitrogens is 1. The minimum absolute atomic E-state index is 0.0609. The van der Waals surface area contributed by atoms with Gasteiger partial charge in [-0.25, -0.2) is 0 Å². The van der Waals surface area contributed by atoms with Gasteiger partial charge in [0.1, 0.15) is 12.7 Å². The van der Waals surface area contributed by atoms with Crippen LogP contribution in [0.2, 0.25) is 0 Å². The van der Waals surface area contributed by atoms with Crippen LogP contribution in [0.4, 0.5) is 0 Å². The van der Waals surface area contributed by atoms with Crippen LogP contribution in [0.25, 0.3) is 0 Å². The maximum absolute atomic E-state index is 11.1. The first-order valence-electron chi connectivity index (χ1n) is 9.84. The molecule has 0 saturated carbocycles. The zero-order chi connectivity index (χ0) is 17.7. The number of rotatable bonds is 13. The quantitative estimate of drug-likeness (QED) is 0.302. The molecule has 1 rings (SSSR count). The SMILES string of the molecule is CC/C=C/CCCCCCCC1NC=C[N+]1(CC)CCNC(C)=O. The average molecular weight is 337 g/mol. The topological polar surface area (TPSA) is 41.1 Å². The summed E-state index contributed by atoms with van der Waals surface area (Å²) in [6.45, 7) is 8.79. The number of carbonyl (C=O) groups excluding carboxylic acids is 1. The predicted molar refractivity (Wildman–Crippen MR) is 102 cm³/mol. The van der Waals surface area contributed by atoms with Crippen molar-refractivity contribution in [3.63, 3.8) is 0 Å². The Morgan fingerprint density at radius 2 is 1.92 bits per heavy atom. The molecule has 0 fully saturated rings. The van der Waals surface area contributed by atoms with Crippen molar-refractivity contribution in [1.29, 1.82) is 0 Å². The van der Waals surface area contributed by atoms with E-state index in [4.69, 9.17) is 0 Å². The number of nitrogens with one attached hydrogen (secondary N) is 2. The van der Waals surface area contributed by atoms with Gasteiger partial charge < -0.3 is 10.6 Å². The fraction of sp³-hybridized carbons (Fsp3) is 0.750. The Bertz CT molecular complexity index is 406. The van der Waals surface area contributed by atoms with Crippen LogP contribution in [0.1, 0.15) is 72.1 Å². The Kier molecular flexibility index (Phi) is 10.5. The lowest BCUT2D eigenvalue weighted by molar-refractivity contribution is -0.898. The van der Waals surface area contributed by atoms with Gasteiger partial charge >= 0.3 is 0 Å². The summed E-state index contributed by atoms with van der Waals surface area (Å²) in [7, 11) is 0. The highest BCUT2D eigenvalue weighted by atomic mass is 16.1. The fourth-order valence-corrected chi connectivity index (χ4v) is 3.46. The third-order valence-corrected chi connectivity index (χ3v) is 5.02. The summed E-state index contributed by atoms with van der Waals surface area (Å²) < 4.78 is 0.947. The van der Waals surface area contributed by atoms with Crippen molar-refractivity contribution < 1.29 is 9.28 Å². The summed E-state index contributed by atoms with van der Waals surface area (Å²) in [5.74, 6) is 0.0609. The molecule has 0 spiro atoms. The van der Waals surface area contributed by atoms with Crippen LogP contribution in [0.15, 0.2) is 24.6 Å². The van der Waals surface area contributed by atoms with Gasteiger partial charge in [-0.15, -0.1) is 0 Å². The molecule has 0 aliphatic carbocycles. The first-order valence-corrected chi connectivity index (χ1v) is 9.84. The number of allylic oxidation sites excluding steroid dienone is 2. The van der Waals surface area contributed by atoms with Crippen LogP contribution in [-0.4, -0.2) is 36.2 Å². The molecule has 4 heteroatoms. The normalized spacial score (nSPS) is 22.9. The molecule has 1 heterocycles. The van der Waals surface area contributed by atoms with Crippen LogP contribution in [0, 0.1) is 0 Å². The summed E-state index contributed by atoms with van der Waals surface area (Å²) in [6, 6.07) is 0. The van der Waals surface area contributed by atoms with Gasteiger partial charge in [0, 0.05) is 13.3 Å². The third-order valence-electron chi connectivity index (χ3n) is 5.02. The predicted octanol–water partition coefficient (Wildman–Crippen LogP) is 4.06. The van der Waals surface area contributed by atoms with Crippen molar-refractivity contribution in [2.75, 3.05) is 19.6 Å². The Balaban J connectivity index is 2.20. The molecule has 1 amide bonds. The van der Waals surface area contributed by atoms with E-state index in [0.29, 0.717) is 6.17 Å². The maximum Gasteiger partial charge on any atom is 0.217 e. The van der Waals surface area contributed by atoms with Crippen LogP contribution in [0.5, 0.6) is 0 Å². The van der Waals surface area contributed by atoms with Gasteiger partial charge in [-0.3, -0.25) is 9.28 Å². The van der Waals surface area contributed by atoms with Gasteiger partial charge in [0.05, 0.1) is 19.3 Å². The molecule has 1 aliphatic heterocycles. The molecule has 0 aromatic carbocycles. The lowest BCUT2D eigenvalue weighted by Crippen LogP contribution is -2.55. The highest BCUT2D eigenvalue weighted by Crippen LogP contribution is 2.22. The number of hydrogen-bond acceptors (Lipinski definition) is 2. The summed E-state index contributed by atoms with van der Waals surface area (Å²) in [4.78, 5) is 11.1. The van der Waals surface area contributed by atoms with Crippen molar-refractivity contribution in [3.05, 3.63) is 24.6 Å². The van der Waals surface area contributed by atoms with Crippen LogP contribution in [0.3, 0.4) is 0 Å². The Morgan fingerprint density at radius 3 is 2.62 bits per heavy atom. The van der Waals surface area contributed by atoms with Gasteiger partial charge in [-0.1, -0.05) is 38.3 Å². The Hall–Kier alpha value is -1.29. The average Bonchev–Trinajstić information content (AvgIpc) is 2.96. The monoisotopic (exact) mass is 336 g/mol. The second kappa shape index (κ2) is 12.1. The smallest absolute Gasteiger partial charge is 0.217 e. The maximum atomic E-state index is 11.1. The summed E-state index contributed by atoms with van der Waals surface area (Å²) in [5, 5.41) is 6.47. The number of nitrogens with zero attached hydrogens (tertiary/aromatic N) is 1. The summed E-state index contributed by atoms with van der Waals surface area (Å²) in [5.41, 5.74) is 0. The van der Waals surface area contributed by atoms with Crippen LogP contribution >= 0.6 is 0 Å². The zero-order valence-electron chi connectivity index (χ0n) is 16.0. The second-order valence-electron chi connectivity index (χ2n) is 6.85. The minimum atomic E-state index is 0.0609. The molecule has 1 aliphatic rings. The van der Waals surface area contributed by atoms with Gasteiger partial charge in [-0.2, -0.15) is 0 Å². The number of hydrogen-bond donors (Lipinski definition) is 2. The summed E-state index contributed by atoms with van der Waals surface area (Å²) >= 11 is 0. The first kappa shape index (κ1) is 20.8. The Labute approximate surface area is 149 Å². The molecular formula is C20H38N3O+.